The number of likely N-dealkylation sites (tertiary alicyclic amines) is 1. The molecule has 126 valence electrons. The normalized spacial score (nSPS) is 17.4. The lowest BCUT2D eigenvalue weighted by molar-refractivity contribution is 0.0513. The van der Waals surface area contributed by atoms with Gasteiger partial charge in [-0.05, 0) is 37.1 Å². The molecule has 1 aliphatic rings. The highest BCUT2D eigenvalue weighted by molar-refractivity contribution is 6.31. The zero-order valence-corrected chi connectivity index (χ0v) is 14.1. The zero-order valence-electron chi connectivity index (χ0n) is 13.3. The molecule has 0 spiro atoms. The first-order chi connectivity index (χ1) is 11.7. The number of ether oxygens (including phenoxy) is 2. The van der Waals surface area contributed by atoms with Crippen molar-refractivity contribution in [1.82, 2.24) is 14.9 Å². The Kier molecular flexibility index (Phi) is 5.15. The number of carbonyl (C=O) groups is 1. The first-order valence-electron chi connectivity index (χ1n) is 7.74. The van der Waals surface area contributed by atoms with E-state index >= 15 is 0 Å². The summed E-state index contributed by atoms with van der Waals surface area (Å²) in [5, 5.41) is 0.502. The van der Waals surface area contributed by atoms with Crippen LogP contribution in [0.25, 0.3) is 0 Å². The van der Waals surface area contributed by atoms with Gasteiger partial charge in [0.1, 0.15) is 11.9 Å². The van der Waals surface area contributed by atoms with Crippen LogP contribution in [0.4, 0.5) is 0 Å². The Labute approximate surface area is 145 Å². The molecule has 1 aromatic heterocycles. The zero-order chi connectivity index (χ0) is 16.9. The highest BCUT2D eigenvalue weighted by Gasteiger charge is 2.27. The molecule has 2 aromatic rings. The van der Waals surface area contributed by atoms with Gasteiger partial charge < -0.3 is 14.4 Å². The van der Waals surface area contributed by atoms with E-state index in [2.05, 4.69) is 9.97 Å². The Morgan fingerprint density at radius 3 is 2.88 bits per heavy atom. The molecule has 0 N–H and O–H groups in total. The van der Waals surface area contributed by atoms with E-state index in [0.717, 1.165) is 12.8 Å². The third-order valence-corrected chi connectivity index (χ3v) is 4.11. The third-order valence-electron chi connectivity index (χ3n) is 3.87. The van der Waals surface area contributed by atoms with Crippen molar-refractivity contribution in [2.45, 2.75) is 18.9 Å². The van der Waals surface area contributed by atoms with Gasteiger partial charge in [0.15, 0.2) is 0 Å². The molecule has 0 unspecified atom stereocenters. The number of nitrogens with zero attached hydrogens (tertiary/aromatic N) is 3. The highest BCUT2D eigenvalue weighted by atomic mass is 35.5. The quantitative estimate of drug-likeness (QED) is 0.851. The lowest BCUT2D eigenvalue weighted by atomic mass is 10.1. The van der Waals surface area contributed by atoms with Crippen molar-refractivity contribution in [3.05, 3.63) is 47.2 Å². The molecule has 7 heteroatoms. The van der Waals surface area contributed by atoms with Gasteiger partial charge >= 0.3 is 6.01 Å². The van der Waals surface area contributed by atoms with E-state index in [1.807, 2.05) is 0 Å². The molecular formula is C17H18ClN3O3. The van der Waals surface area contributed by atoms with E-state index in [4.69, 9.17) is 21.1 Å². The maximum atomic E-state index is 12.8. The second kappa shape index (κ2) is 7.49. The average molecular weight is 348 g/mol. The van der Waals surface area contributed by atoms with Gasteiger partial charge in [-0.2, -0.15) is 0 Å². The topological polar surface area (TPSA) is 64.5 Å². The van der Waals surface area contributed by atoms with Gasteiger partial charge in [0.05, 0.1) is 19.2 Å². The van der Waals surface area contributed by atoms with E-state index in [-0.39, 0.29) is 12.0 Å². The number of hydrogen-bond donors (Lipinski definition) is 0. The van der Waals surface area contributed by atoms with Crippen molar-refractivity contribution < 1.29 is 14.3 Å². The maximum Gasteiger partial charge on any atom is 0.316 e. The van der Waals surface area contributed by atoms with Crippen LogP contribution >= 0.6 is 11.6 Å². The molecule has 0 saturated carbocycles. The molecule has 24 heavy (non-hydrogen) atoms. The molecule has 0 radical (unpaired) electrons. The second-order valence-corrected chi connectivity index (χ2v) is 5.95. The number of benzene rings is 1. The van der Waals surface area contributed by atoms with E-state index in [0.29, 0.717) is 35.4 Å². The number of halogens is 1. The van der Waals surface area contributed by atoms with Crippen LogP contribution in [-0.4, -0.2) is 47.1 Å². The minimum atomic E-state index is -0.129. The van der Waals surface area contributed by atoms with E-state index in [1.165, 1.54) is 7.11 Å². The van der Waals surface area contributed by atoms with Crippen LogP contribution in [0.15, 0.2) is 36.7 Å². The summed E-state index contributed by atoms with van der Waals surface area (Å²) in [6.07, 6.45) is 4.84. The fourth-order valence-electron chi connectivity index (χ4n) is 2.73. The molecule has 1 amide bonds. The van der Waals surface area contributed by atoms with Crippen molar-refractivity contribution in [2.24, 2.45) is 0 Å². The molecule has 2 heterocycles. The van der Waals surface area contributed by atoms with Gasteiger partial charge in [0.2, 0.25) is 0 Å². The second-order valence-electron chi connectivity index (χ2n) is 5.51. The fraction of sp³-hybridized carbons (Fsp3) is 0.353. The predicted octanol–water partition coefficient (Wildman–Crippen LogP) is 2.82. The van der Waals surface area contributed by atoms with E-state index < -0.39 is 0 Å². The Balaban J connectivity index is 1.72. The average Bonchev–Trinajstić information content (AvgIpc) is 2.62. The van der Waals surface area contributed by atoms with Crippen molar-refractivity contribution >= 4 is 17.5 Å². The third kappa shape index (κ3) is 3.76. The molecule has 1 aromatic carbocycles. The SMILES string of the molecule is COc1ccc(Cl)cc1C(=O)N1CCC[C@@H](Oc2ncccn2)C1. The molecule has 0 bridgehead atoms. The summed E-state index contributed by atoms with van der Waals surface area (Å²) in [4.78, 5) is 22.7. The number of hydrogen-bond acceptors (Lipinski definition) is 5. The van der Waals surface area contributed by atoms with Crippen molar-refractivity contribution in [3.8, 4) is 11.8 Å². The molecule has 1 saturated heterocycles. The van der Waals surface area contributed by atoms with E-state index in [9.17, 15) is 4.79 Å². The summed E-state index contributed by atoms with van der Waals surface area (Å²) in [6, 6.07) is 7.09. The standard InChI is InChI=1S/C17H18ClN3O3/c1-23-15-6-5-12(18)10-14(15)16(22)21-9-2-4-13(11-21)24-17-19-7-3-8-20-17/h3,5-8,10,13H,2,4,9,11H2,1H3/t13-/m1/s1. The van der Waals surface area contributed by atoms with Crippen LogP contribution in [0.3, 0.4) is 0 Å². The monoisotopic (exact) mass is 347 g/mol. The molecule has 3 rings (SSSR count). The van der Waals surface area contributed by atoms with Crippen molar-refractivity contribution in [3.63, 3.8) is 0 Å². The first-order valence-corrected chi connectivity index (χ1v) is 8.11. The number of carbonyl (C=O) groups excluding carboxylic acids is 1. The lowest BCUT2D eigenvalue weighted by Crippen LogP contribution is -2.44. The summed E-state index contributed by atoms with van der Waals surface area (Å²) in [6.45, 7) is 1.15. The minimum absolute atomic E-state index is 0.114. The van der Waals surface area contributed by atoms with Gasteiger partial charge in [-0.3, -0.25) is 4.79 Å². The van der Waals surface area contributed by atoms with Crippen molar-refractivity contribution in [2.75, 3.05) is 20.2 Å². The van der Waals surface area contributed by atoms with Crippen LogP contribution in [0.5, 0.6) is 11.8 Å². The largest absolute Gasteiger partial charge is 0.496 e. The minimum Gasteiger partial charge on any atom is -0.496 e. The maximum absolute atomic E-state index is 12.8. The van der Waals surface area contributed by atoms with Crippen LogP contribution in [0.1, 0.15) is 23.2 Å². The molecule has 0 aliphatic carbocycles. The van der Waals surface area contributed by atoms with Crippen molar-refractivity contribution in [1.29, 1.82) is 0 Å². The van der Waals surface area contributed by atoms with Gasteiger partial charge in [-0.25, -0.2) is 9.97 Å². The summed E-state index contributed by atoms with van der Waals surface area (Å²) < 4.78 is 11.1. The first kappa shape index (κ1) is 16.5. The Hall–Kier alpha value is -2.34. The molecule has 6 nitrogen and oxygen atoms in total. The molecule has 1 fully saturated rings. The summed E-state index contributed by atoms with van der Waals surface area (Å²) in [7, 11) is 1.54. The van der Waals surface area contributed by atoms with Crippen LogP contribution < -0.4 is 9.47 Å². The predicted molar refractivity (Wildman–Crippen MR) is 89.6 cm³/mol. The summed E-state index contributed by atoms with van der Waals surface area (Å²) in [5.41, 5.74) is 0.460. The lowest BCUT2D eigenvalue weighted by Gasteiger charge is -2.32. The highest BCUT2D eigenvalue weighted by Crippen LogP contribution is 2.26. The van der Waals surface area contributed by atoms with Crippen LogP contribution in [0.2, 0.25) is 5.02 Å². The molecule has 1 aliphatic heterocycles. The van der Waals surface area contributed by atoms with Crippen LogP contribution in [0, 0.1) is 0 Å². The number of methoxy groups -OCH3 is 1. The number of rotatable bonds is 4. The number of amides is 1. The summed E-state index contributed by atoms with van der Waals surface area (Å²) >= 11 is 6.03. The fourth-order valence-corrected chi connectivity index (χ4v) is 2.90. The summed E-state index contributed by atoms with van der Waals surface area (Å²) in [5.74, 6) is 0.399. The van der Waals surface area contributed by atoms with E-state index in [1.54, 1.807) is 41.6 Å². The Bertz CT molecular complexity index is 711. The molecule has 1 atom stereocenters. The number of aromatic nitrogens is 2. The van der Waals surface area contributed by atoms with Gasteiger partial charge in [0, 0.05) is 24.0 Å². The Morgan fingerprint density at radius 2 is 2.12 bits per heavy atom. The smallest absolute Gasteiger partial charge is 0.316 e. The van der Waals surface area contributed by atoms with Crippen LogP contribution in [-0.2, 0) is 0 Å². The van der Waals surface area contributed by atoms with Gasteiger partial charge in [0.25, 0.3) is 5.91 Å². The molecular weight excluding hydrogens is 330 g/mol. The van der Waals surface area contributed by atoms with Gasteiger partial charge in [-0.15, -0.1) is 0 Å². The number of piperidine rings is 1. The Morgan fingerprint density at radius 1 is 1.33 bits per heavy atom. The van der Waals surface area contributed by atoms with Gasteiger partial charge in [-0.1, -0.05) is 11.6 Å².